The van der Waals surface area contributed by atoms with Gasteiger partial charge in [-0.1, -0.05) is 29.8 Å². The fourth-order valence-corrected chi connectivity index (χ4v) is 3.73. The fraction of sp³-hybridized carbons (Fsp3) is 0.0500. The Morgan fingerprint density at radius 3 is 2.32 bits per heavy atom. The van der Waals surface area contributed by atoms with Crippen LogP contribution in [0.5, 0.6) is 0 Å². The molecule has 1 amide bonds. The van der Waals surface area contributed by atoms with Crippen molar-refractivity contribution in [1.82, 2.24) is 0 Å². The van der Waals surface area contributed by atoms with Gasteiger partial charge in [-0.25, -0.2) is 12.8 Å². The lowest BCUT2D eigenvalue weighted by Gasteiger charge is -2.10. The lowest BCUT2D eigenvalue weighted by molar-refractivity contribution is 0.102. The number of nitrogens with one attached hydrogen (secondary N) is 2. The van der Waals surface area contributed by atoms with Gasteiger partial charge in [0.05, 0.1) is 15.6 Å². The van der Waals surface area contributed by atoms with E-state index in [4.69, 9.17) is 11.6 Å². The first-order valence-electron chi connectivity index (χ1n) is 8.21. The van der Waals surface area contributed by atoms with Crippen LogP contribution in [0.1, 0.15) is 15.9 Å². The van der Waals surface area contributed by atoms with Gasteiger partial charge in [-0.05, 0) is 61.0 Å². The summed E-state index contributed by atoms with van der Waals surface area (Å²) in [6.45, 7) is 1.62. The van der Waals surface area contributed by atoms with Gasteiger partial charge in [-0.15, -0.1) is 0 Å². The van der Waals surface area contributed by atoms with Crippen LogP contribution in [0, 0.1) is 12.7 Å². The van der Waals surface area contributed by atoms with Crippen molar-refractivity contribution in [2.75, 3.05) is 10.0 Å². The monoisotopic (exact) mass is 418 g/mol. The lowest BCUT2D eigenvalue weighted by atomic mass is 10.2. The van der Waals surface area contributed by atoms with Crippen LogP contribution >= 0.6 is 11.6 Å². The molecule has 0 aromatic heterocycles. The van der Waals surface area contributed by atoms with Gasteiger partial charge in [0.2, 0.25) is 0 Å². The first kappa shape index (κ1) is 19.9. The third-order valence-corrected chi connectivity index (χ3v) is 5.69. The standard InChI is InChI=1S/C20H16ClFN2O3S/c1-13-6-9-15(12-18(13)22)23-20(25)14-7-10-16(11-8-14)28(26,27)24-19-5-3-2-4-17(19)21/h2-12,24H,1H3,(H,23,25). The van der Waals surface area contributed by atoms with Crippen LogP contribution < -0.4 is 10.0 Å². The van der Waals surface area contributed by atoms with E-state index in [1.54, 1.807) is 43.3 Å². The minimum atomic E-state index is -3.86. The number of halogens is 2. The van der Waals surface area contributed by atoms with Crippen molar-refractivity contribution in [3.63, 3.8) is 0 Å². The Labute approximate surface area is 167 Å². The van der Waals surface area contributed by atoms with Crippen LogP contribution in [0.25, 0.3) is 0 Å². The number of aryl methyl sites for hydroxylation is 1. The van der Waals surface area contributed by atoms with E-state index < -0.39 is 21.7 Å². The Morgan fingerprint density at radius 1 is 1.00 bits per heavy atom. The Balaban J connectivity index is 1.76. The molecule has 0 spiro atoms. The van der Waals surface area contributed by atoms with Crippen LogP contribution in [0.2, 0.25) is 5.02 Å². The largest absolute Gasteiger partial charge is 0.322 e. The molecule has 3 aromatic rings. The van der Waals surface area contributed by atoms with Gasteiger partial charge in [0, 0.05) is 11.3 Å². The van der Waals surface area contributed by atoms with Crippen LogP contribution in [-0.4, -0.2) is 14.3 Å². The number of carbonyl (C=O) groups excluding carboxylic acids is 1. The quantitative estimate of drug-likeness (QED) is 0.622. The number of amides is 1. The van der Waals surface area contributed by atoms with Gasteiger partial charge >= 0.3 is 0 Å². The molecule has 2 N–H and O–H groups in total. The van der Waals surface area contributed by atoms with E-state index in [0.717, 1.165) is 0 Å². The molecule has 0 aliphatic rings. The normalized spacial score (nSPS) is 11.1. The third kappa shape index (κ3) is 4.49. The molecule has 0 aliphatic heterocycles. The minimum absolute atomic E-state index is 0.0228. The molecule has 0 saturated carbocycles. The maximum Gasteiger partial charge on any atom is 0.261 e. The van der Waals surface area contributed by atoms with Crippen molar-refractivity contribution < 1.29 is 17.6 Å². The number of hydrogen-bond acceptors (Lipinski definition) is 3. The Kier molecular flexibility index (Phi) is 5.67. The smallest absolute Gasteiger partial charge is 0.261 e. The van der Waals surface area contributed by atoms with Gasteiger partial charge in [-0.3, -0.25) is 9.52 Å². The van der Waals surface area contributed by atoms with Crippen LogP contribution in [0.15, 0.2) is 71.6 Å². The number of para-hydroxylation sites is 1. The third-order valence-electron chi connectivity index (χ3n) is 3.97. The summed E-state index contributed by atoms with van der Waals surface area (Å²) < 4.78 is 41.0. The van der Waals surface area contributed by atoms with Gasteiger partial charge in [0.15, 0.2) is 0 Å². The van der Waals surface area contributed by atoms with E-state index in [-0.39, 0.29) is 21.2 Å². The molecular weight excluding hydrogens is 403 g/mol. The number of sulfonamides is 1. The summed E-state index contributed by atoms with van der Waals surface area (Å²) >= 11 is 5.98. The van der Waals surface area contributed by atoms with Gasteiger partial charge in [-0.2, -0.15) is 0 Å². The van der Waals surface area contributed by atoms with Gasteiger partial charge in [0.25, 0.3) is 15.9 Å². The summed E-state index contributed by atoms with van der Waals surface area (Å²) in [5, 5.41) is 2.84. The van der Waals surface area contributed by atoms with Crippen LogP contribution in [-0.2, 0) is 10.0 Å². The molecule has 28 heavy (non-hydrogen) atoms. The SMILES string of the molecule is Cc1ccc(NC(=O)c2ccc(S(=O)(=O)Nc3ccccc3Cl)cc2)cc1F. The molecule has 8 heteroatoms. The van der Waals surface area contributed by atoms with Gasteiger partial charge in [0.1, 0.15) is 5.82 Å². The first-order chi connectivity index (χ1) is 13.3. The Bertz CT molecular complexity index is 1130. The summed E-state index contributed by atoms with van der Waals surface area (Å²) in [7, 11) is -3.86. The summed E-state index contributed by atoms with van der Waals surface area (Å²) in [5.41, 5.74) is 1.27. The van der Waals surface area contributed by atoms with Crippen molar-refractivity contribution in [3.8, 4) is 0 Å². The van der Waals surface area contributed by atoms with E-state index in [9.17, 15) is 17.6 Å². The molecule has 0 heterocycles. The van der Waals surface area contributed by atoms with Crippen molar-refractivity contribution >= 4 is 38.9 Å². The highest BCUT2D eigenvalue weighted by Crippen LogP contribution is 2.24. The number of hydrogen-bond donors (Lipinski definition) is 2. The minimum Gasteiger partial charge on any atom is -0.322 e. The van der Waals surface area contributed by atoms with Crippen molar-refractivity contribution in [1.29, 1.82) is 0 Å². The Hall–Kier alpha value is -2.90. The summed E-state index contributed by atoms with van der Waals surface area (Å²) in [6.07, 6.45) is 0. The van der Waals surface area contributed by atoms with Crippen molar-refractivity contribution in [2.24, 2.45) is 0 Å². The average Bonchev–Trinajstić information content (AvgIpc) is 2.66. The second-order valence-electron chi connectivity index (χ2n) is 6.03. The fourth-order valence-electron chi connectivity index (χ4n) is 2.41. The average molecular weight is 419 g/mol. The number of rotatable bonds is 5. The van der Waals surface area contributed by atoms with Crippen LogP contribution in [0.4, 0.5) is 15.8 Å². The molecule has 5 nitrogen and oxygen atoms in total. The molecule has 3 rings (SSSR count). The predicted molar refractivity (Wildman–Crippen MR) is 108 cm³/mol. The highest BCUT2D eigenvalue weighted by atomic mass is 35.5. The maximum absolute atomic E-state index is 13.6. The summed E-state index contributed by atoms with van der Waals surface area (Å²) in [6, 6.07) is 16.2. The molecule has 0 aliphatic carbocycles. The topological polar surface area (TPSA) is 75.3 Å². The highest BCUT2D eigenvalue weighted by molar-refractivity contribution is 7.92. The number of anilines is 2. The van der Waals surface area contributed by atoms with E-state index in [1.807, 2.05) is 0 Å². The Morgan fingerprint density at radius 2 is 1.68 bits per heavy atom. The molecule has 144 valence electrons. The molecule has 0 atom stereocenters. The molecule has 3 aromatic carbocycles. The number of benzene rings is 3. The molecule has 0 unspecified atom stereocenters. The zero-order valence-corrected chi connectivity index (χ0v) is 16.3. The van der Waals surface area contributed by atoms with Gasteiger partial charge < -0.3 is 5.32 Å². The lowest BCUT2D eigenvalue weighted by Crippen LogP contribution is -2.15. The number of carbonyl (C=O) groups is 1. The van der Waals surface area contributed by atoms with E-state index in [0.29, 0.717) is 11.3 Å². The predicted octanol–water partition coefficient (Wildman–Crippen LogP) is 4.84. The van der Waals surface area contributed by atoms with E-state index in [2.05, 4.69) is 10.0 Å². The van der Waals surface area contributed by atoms with Crippen molar-refractivity contribution in [3.05, 3.63) is 88.7 Å². The second-order valence-corrected chi connectivity index (χ2v) is 8.12. The summed E-state index contributed by atoms with van der Waals surface area (Å²) in [4.78, 5) is 12.3. The van der Waals surface area contributed by atoms with E-state index >= 15 is 0 Å². The van der Waals surface area contributed by atoms with E-state index in [1.165, 1.54) is 30.3 Å². The molecule has 0 bridgehead atoms. The van der Waals surface area contributed by atoms with Crippen LogP contribution in [0.3, 0.4) is 0 Å². The van der Waals surface area contributed by atoms with Crippen molar-refractivity contribution in [2.45, 2.75) is 11.8 Å². The molecule has 0 saturated heterocycles. The molecule has 0 radical (unpaired) electrons. The maximum atomic E-state index is 13.6. The molecule has 0 fully saturated rings. The zero-order valence-electron chi connectivity index (χ0n) is 14.7. The second kappa shape index (κ2) is 8.00. The zero-order chi connectivity index (χ0) is 20.3. The highest BCUT2D eigenvalue weighted by Gasteiger charge is 2.16. The first-order valence-corrected chi connectivity index (χ1v) is 10.1. The molecular formula is C20H16ClFN2O3S. The summed E-state index contributed by atoms with van der Waals surface area (Å²) in [5.74, 6) is -0.906.